The number of phenolic OH excluding ortho intramolecular Hbond substituents is 1. The quantitative estimate of drug-likeness (QED) is 0.870. The fourth-order valence-electron chi connectivity index (χ4n) is 2.27. The van der Waals surface area contributed by atoms with Crippen molar-refractivity contribution in [3.63, 3.8) is 0 Å². The summed E-state index contributed by atoms with van der Waals surface area (Å²) in [6.07, 6.45) is 3.76. The lowest BCUT2D eigenvalue weighted by Gasteiger charge is -2.25. The summed E-state index contributed by atoms with van der Waals surface area (Å²) < 4.78 is 0. The van der Waals surface area contributed by atoms with Gasteiger partial charge in [0.15, 0.2) is 0 Å². The Hall–Kier alpha value is -1.77. The molecule has 3 heteroatoms. The van der Waals surface area contributed by atoms with Crippen molar-refractivity contribution >= 4 is 11.5 Å². The molecule has 1 aromatic rings. The maximum absolute atomic E-state index is 11.2. The predicted octanol–water partition coefficient (Wildman–Crippen LogP) is 2.59. The first-order chi connectivity index (χ1) is 8.61. The van der Waals surface area contributed by atoms with Crippen LogP contribution in [-0.4, -0.2) is 29.0 Å². The lowest BCUT2D eigenvalue weighted by molar-refractivity contribution is -0.128. The van der Waals surface area contributed by atoms with Gasteiger partial charge in [0.2, 0.25) is 5.91 Å². The molecular formula is C15H19NO2. The molecule has 1 N–H and O–H groups in total. The van der Waals surface area contributed by atoms with Gasteiger partial charge in [0.1, 0.15) is 5.75 Å². The van der Waals surface area contributed by atoms with Crippen LogP contribution in [0.2, 0.25) is 0 Å². The minimum absolute atomic E-state index is 0.107. The van der Waals surface area contributed by atoms with Crippen LogP contribution in [0.4, 0.5) is 0 Å². The zero-order valence-corrected chi connectivity index (χ0v) is 10.9. The number of phenols is 1. The van der Waals surface area contributed by atoms with Gasteiger partial charge in [-0.25, -0.2) is 0 Å². The number of carbonyl (C=O) groups excluding carboxylic acids is 1. The lowest BCUT2D eigenvalue weighted by atomic mass is 9.97. The number of aryl methyl sites for hydroxylation is 1. The number of carbonyl (C=O) groups is 1. The average Bonchev–Trinajstić information content (AvgIpc) is 2.38. The topological polar surface area (TPSA) is 40.5 Å². The van der Waals surface area contributed by atoms with Gasteiger partial charge < -0.3 is 10.0 Å². The third kappa shape index (κ3) is 2.55. The van der Waals surface area contributed by atoms with Crippen LogP contribution in [0.25, 0.3) is 5.57 Å². The first-order valence-corrected chi connectivity index (χ1v) is 6.38. The Morgan fingerprint density at radius 1 is 1.44 bits per heavy atom. The van der Waals surface area contributed by atoms with Gasteiger partial charge in [-0.05, 0) is 30.0 Å². The molecule has 3 nitrogen and oxygen atoms in total. The zero-order valence-electron chi connectivity index (χ0n) is 10.9. The minimum Gasteiger partial charge on any atom is -0.507 e. The third-order valence-corrected chi connectivity index (χ3v) is 3.47. The summed E-state index contributed by atoms with van der Waals surface area (Å²) in [5.41, 5.74) is 3.17. The highest BCUT2D eigenvalue weighted by Gasteiger charge is 2.16. The van der Waals surface area contributed by atoms with Crippen molar-refractivity contribution in [3.05, 3.63) is 35.4 Å². The Bertz CT molecular complexity index is 491. The van der Waals surface area contributed by atoms with Crippen LogP contribution in [0, 0.1) is 0 Å². The maximum Gasteiger partial charge on any atom is 0.219 e. The Labute approximate surface area is 108 Å². The van der Waals surface area contributed by atoms with E-state index in [2.05, 4.69) is 6.92 Å². The molecule has 1 aliphatic heterocycles. The van der Waals surface area contributed by atoms with E-state index in [0.29, 0.717) is 12.3 Å². The van der Waals surface area contributed by atoms with Gasteiger partial charge in [0.05, 0.1) is 0 Å². The fraction of sp³-hybridized carbons (Fsp3) is 0.400. The zero-order chi connectivity index (χ0) is 13.1. The number of hydrogen-bond acceptors (Lipinski definition) is 2. The van der Waals surface area contributed by atoms with Crippen LogP contribution >= 0.6 is 0 Å². The molecule has 0 fully saturated rings. The molecule has 0 aromatic heterocycles. The molecule has 1 aliphatic rings. The molecule has 0 spiro atoms. The molecule has 0 aliphatic carbocycles. The molecule has 1 amide bonds. The fourth-order valence-corrected chi connectivity index (χ4v) is 2.27. The molecule has 18 heavy (non-hydrogen) atoms. The number of rotatable bonds is 2. The molecule has 0 atom stereocenters. The second-order valence-corrected chi connectivity index (χ2v) is 4.65. The second-order valence-electron chi connectivity index (χ2n) is 4.65. The normalized spacial score (nSPS) is 15.4. The molecule has 96 valence electrons. The minimum atomic E-state index is 0.107. The summed E-state index contributed by atoms with van der Waals surface area (Å²) in [7, 11) is 0. The standard InChI is InChI=1S/C15H19NO2/c1-3-12-4-5-14(15(18)10-12)13-6-8-16(9-7-13)11(2)17/h4-6,10,18H,3,7-9H2,1-2H3. The predicted molar refractivity (Wildman–Crippen MR) is 72.3 cm³/mol. The summed E-state index contributed by atoms with van der Waals surface area (Å²) in [4.78, 5) is 13.0. The van der Waals surface area contributed by atoms with Crippen molar-refractivity contribution in [2.75, 3.05) is 13.1 Å². The highest BCUT2D eigenvalue weighted by Crippen LogP contribution is 2.30. The molecule has 0 bridgehead atoms. The van der Waals surface area contributed by atoms with Crippen molar-refractivity contribution in [2.24, 2.45) is 0 Å². The highest BCUT2D eigenvalue weighted by molar-refractivity contribution is 5.77. The molecular weight excluding hydrogens is 226 g/mol. The Kier molecular flexibility index (Phi) is 3.70. The van der Waals surface area contributed by atoms with E-state index in [0.717, 1.165) is 36.1 Å². The van der Waals surface area contributed by atoms with Crippen LogP contribution in [0.3, 0.4) is 0 Å². The summed E-state index contributed by atoms with van der Waals surface area (Å²) >= 11 is 0. The Balaban J connectivity index is 2.21. The van der Waals surface area contributed by atoms with Gasteiger partial charge in [0, 0.05) is 25.6 Å². The molecule has 0 radical (unpaired) electrons. The van der Waals surface area contributed by atoms with Gasteiger partial charge >= 0.3 is 0 Å². The van der Waals surface area contributed by atoms with Crippen molar-refractivity contribution < 1.29 is 9.90 Å². The van der Waals surface area contributed by atoms with Crippen molar-refractivity contribution in [3.8, 4) is 5.75 Å². The first-order valence-electron chi connectivity index (χ1n) is 6.38. The number of aromatic hydroxyl groups is 1. The van der Waals surface area contributed by atoms with Crippen LogP contribution in [0.15, 0.2) is 24.3 Å². The summed E-state index contributed by atoms with van der Waals surface area (Å²) in [5, 5.41) is 10.0. The van der Waals surface area contributed by atoms with Gasteiger partial charge in [-0.3, -0.25) is 4.79 Å². The van der Waals surface area contributed by atoms with E-state index in [4.69, 9.17) is 0 Å². The Morgan fingerprint density at radius 3 is 2.72 bits per heavy atom. The van der Waals surface area contributed by atoms with Gasteiger partial charge in [-0.15, -0.1) is 0 Å². The van der Waals surface area contributed by atoms with E-state index < -0.39 is 0 Å². The van der Waals surface area contributed by atoms with Gasteiger partial charge in [0.25, 0.3) is 0 Å². The van der Waals surface area contributed by atoms with E-state index in [9.17, 15) is 9.90 Å². The number of benzene rings is 1. The van der Waals surface area contributed by atoms with E-state index in [1.54, 1.807) is 11.8 Å². The van der Waals surface area contributed by atoms with Gasteiger partial charge in [-0.2, -0.15) is 0 Å². The smallest absolute Gasteiger partial charge is 0.219 e. The van der Waals surface area contributed by atoms with Gasteiger partial charge in [-0.1, -0.05) is 25.1 Å². The summed E-state index contributed by atoms with van der Waals surface area (Å²) in [6, 6.07) is 5.85. The lowest BCUT2D eigenvalue weighted by Crippen LogP contribution is -2.32. The van der Waals surface area contributed by atoms with Crippen LogP contribution < -0.4 is 0 Å². The molecule has 1 heterocycles. The molecule has 0 saturated heterocycles. The van der Waals surface area contributed by atoms with Crippen LogP contribution in [-0.2, 0) is 11.2 Å². The van der Waals surface area contributed by atoms with Crippen LogP contribution in [0.5, 0.6) is 5.75 Å². The first kappa shape index (κ1) is 12.7. The molecule has 0 unspecified atom stereocenters. The van der Waals surface area contributed by atoms with Crippen molar-refractivity contribution in [1.82, 2.24) is 4.90 Å². The largest absolute Gasteiger partial charge is 0.507 e. The van der Waals surface area contributed by atoms with E-state index >= 15 is 0 Å². The van der Waals surface area contributed by atoms with Crippen LogP contribution in [0.1, 0.15) is 31.4 Å². The number of nitrogens with zero attached hydrogens (tertiary/aromatic N) is 1. The highest BCUT2D eigenvalue weighted by atomic mass is 16.3. The number of hydrogen-bond donors (Lipinski definition) is 1. The van der Waals surface area contributed by atoms with E-state index in [-0.39, 0.29) is 5.91 Å². The summed E-state index contributed by atoms with van der Waals surface area (Å²) in [6.45, 7) is 5.03. The second kappa shape index (κ2) is 5.25. The monoisotopic (exact) mass is 245 g/mol. The third-order valence-electron chi connectivity index (χ3n) is 3.47. The van der Waals surface area contributed by atoms with E-state index in [1.165, 1.54) is 0 Å². The summed E-state index contributed by atoms with van der Waals surface area (Å²) in [5.74, 6) is 0.452. The van der Waals surface area contributed by atoms with E-state index in [1.807, 2.05) is 24.3 Å². The SMILES string of the molecule is CCc1ccc(C2=CCN(C(C)=O)CC2)c(O)c1. The molecule has 2 rings (SSSR count). The average molecular weight is 245 g/mol. The Morgan fingerprint density at radius 2 is 2.22 bits per heavy atom. The molecule has 1 aromatic carbocycles. The van der Waals surface area contributed by atoms with Crippen molar-refractivity contribution in [1.29, 1.82) is 0 Å². The van der Waals surface area contributed by atoms with Crippen molar-refractivity contribution in [2.45, 2.75) is 26.7 Å². The molecule has 0 saturated carbocycles. The maximum atomic E-state index is 11.2. The number of amides is 1.